The van der Waals surface area contributed by atoms with E-state index >= 15 is 0 Å². The summed E-state index contributed by atoms with van der Waals surface area (Å²) in [6.07, 6.45) is -2.82. The first-order valence-electron chi connectivity index (χ1n) is 9.22. The van der Waals surface area contributed by atoms with E-state index in [1.54, 1.807) is 18.2 Å². The Labute approximate surface area is 161 Å². The normalized spacial score (nSPS) is 22.6. The summed E-state index contributed by atoms with van der Waals surface area (Å²) >= 11 is 0. The molecule has 28 heavy (non-hydrogen) atoms. The van der Waals surface area contributed by atoms with Gasteiger partial charge in [-0.1, -0.05) is 6.07 Å². The van der Waals surface area contributed by atoms with Crippen molar-refractivity contribution in [2.24, 2.45) is 5.92 Å². The highest BCUT2D eigenvalue weighted by Crippen LogP contribution is 2.29. The average molecular weight is 400 g/mol. The van der Waals surface area contributed by atoms with Gasteiger partial charge in [-0.25, -0.2) is 0 Å². The smallest absolute Gasteiger partial charge is 0.406 e. The second kappa shape index (κ2) is 8.38. The van der Waals surface area contributed by atoms with Crippen molar-refractivity contribution in [3.05, 3.63) is 23.8 Å². The number of carbonyl (C=O) groups excluding carboxylic acids is 2. The van der Waals surface area contributed by atoms with Crippen LogP contribution in [-0.2, 0) is 14.3 Å². The molecule has 0 spiro atoms. The lowest BCUT2D eigenvalue weighted by Gasteiger charge is -2.19. The van der Waals surface area contributed by atoms with Crippen molar-refractivity contribution in [2.45, 2.75) is 38.5 Å². The molecular formula is C19H23F3N2O4. The van der Waals surface area contributed by atoms with Crippen LogP contribution in [0.5, 0.6) is 5.75 Å². The lowest BCUT2D eigenvalue weighted by atomic mass is 10.1. The monoisotopic (exact) mass is 400 g/mol. The second-order valence-corrected chi connectivity index (χ2v) is 7.23. The molecule has 9 heteroatoms. The first kappa shape index (κ1) is 20.4. The van der Waals surface area contributed by atoms with Crippen molar-refractivity contribution >= 4 is 17.5 Å². The Hall–Kier alpha value is -2.29. The van der Waals surface area contributed by atoms with Gasteiger partial charge in [0.2, 0.25) is 11.8 Å². The lowest BCUT2D eigenvalue weighted by Crippen LogP contribution is -2.36. The van der Waals surface area contributed by atoms with Crippen molar-refractivity contribution in [1.82, 2.24) is 4.90 Å². The summed E-state index contributed by atoms with van der Waals surface area (Å²) in [5.74, 6) is -1.53. The van der Waals surface area contributed by atoms with Crippen LogP contribution in [0, 0.1) is 12.8 Å². The number of nitrogens with one attached hydrogen (secondary N) is 1. The molecule has 2 amide bonds. The molecule has 2 fully saturated rings. The van der Waals surface area contributed by atoms with Crippen LogP contribution in [-0.4, -0.2) is 55.3 Å². The van der Waals surface area contributed by atoms with Crippen molar-refractivity contribution in [3.8, 4) is 5.75 Å². The molecule has 1 N–H and O–H groups in total. The van der Waals surface area contributed by atoms with Gasteiger partial charge < -0.3 is 19.7 Å². The van der Waals surface area contributed by atoms with Crippen LogP contribution in [0.1, 0.15) is 24.8 Å². The fraction of sp³-hybridized carbons (Fsp3) is 0.579. The number of alkyl halides is 3. The minimum Gasteiger partial charge on any atom is -0.489 e. The predicted octanol–water partition coefficient (Wildman–Crippen LogP) is 2.90. The summed E-state index contributed by atoms with van der Waals surface area (Å²) in [5.41, 5.74) is 1.36. The van der Waals surface area contributed by atoms with Gasteiger partial charge >= 0.3 is 6.18 Å². The van der Waals surface area contributed by atoms with Gasteiger partial charge in [0.1, 0.15) is 18.9 Å². The molecule has 1 aromatic rings. The van der Waals surface area contributed by atoms with Gasteiger partial charge in [0.15, 0.2) is 0 Å². The highest BCUT2D eigenvalue weighted by atomic mass is 19.4. The molecule has 2 aliphatic heterocycles. The van der Waals surface area contributed by atoms with Gasteiger partial charge in [-0.3, -0.25) is 9.59 Å². The van der Waals surface area contributed by atoms with E-state index in [0.29, 0.717) is 29.6 Å². The van der Waals surface area contributed by atoms with Crippen molar-refractivity contribution < 1.29 is 32.2 Å². The standard InChI is InChI=1S/C19H23F3N2O4/c1-12-4-5-15(16(7-12)28-10-14-3-2-6-27-14)23-18(26)13-8-17(25)24(9-13)11-19(20,21)22/h4-5,7,13-14H,2-3,6,8-11H2,1H3,(H,23,26). The number of hydrogen-bond acceptors (Lipinski definition) is 4. The van der Waals surface area contributed by atoms with E-state index in [1.165, 1.54) is 0 Å². The molecule has 0 aliphatic carbocycles. The largest absolute Gasteiger partial charge is 0.489 e. The summed E-state index contributed by atoms with van der Waals surface area (Å²) < 4.78 is 48.9. The molecule has 2 saturated heterocycles. The molecule has 2 atom stereocenters. The zero-order valence-electron chi connectivity index (χ0n) is 15.6. The fourth-order valence-electron chi connectivity index (χ4n) is 3.36. The Morgan fingerprint density at radius 3 is 2.86 bits per heavy atom. The zero-order valence-corrected chi connectivity index (χ0v) is 15.6. The number of ether oxygens (including phenoxy) is 2. The number of amides is 2. The van der Waals surface area contributed by atoms with E-state index in [1.807, 2.05) is 6.92 Å². The highest BCUT2D eigenvalue weighted by molar-refractivity contribution is 5.98. The third kappa shape index (κ3) is 5.37. The Morgan fingerprint density at radius 2 is 2.18 bits per heavy atom. The number of rotatable bonds is 6. The Kier molecular flexibility index (Phi) is 6.12. The van der Waals surface area contributed by atoms with Crippen LogP contribution >= 0.6 is 0 Å². The minimum atomic E-state index is -4.48. The quantitative estimate of drug-likeness (QED) is 0.797. The fourth-order valence-corrected chi connectivity index (χ4v) is 3.36. The lowest BCUT2D eigenvalue weighted by molar-refractivity contribution is -0.157. The van der Waals surface area contributed by atoms with E-state index < -0.39 is 30.5 Å². The minimum absolute atomic E-state index is 0.00689. The van der Waals surface area contributed by atoms with E-state index in [0.717, 1.165) is 18.4 Å². The van der Waals surface area contributed by atoms with Crippen LogP contribution < -0.4 is 10.1 Å². The molecule has 154 valence electrons. The maximum atomic E-state index is 12.5. The van der Waals surface area contributed by atoms with E-state index in [4.69, 9.17) is 9.47 Å². The zero-order chi connectivity index (χ0) is 20.3. The second-order valence-electron chi connectivity index (χ2n) is 7.23. The third-order valence-corrected chi connectivity index (χ3v) is 4.80. The molecule has 6 nitrogen and oxygen atoms in total. The van der Waals surface area contributed by atoms with Crippen molar-refractivity contribution in [3.63, 3.8) is 0 Å². The van der Waals surface area contributed by atoms with E-state index in [-0.39, 0.29) is 19.1 Å². The third-order valence-electron chi connectivity index (χ3n) is 4.80. The number of carbonyl (C=O) groups is 2. The first-order valence-corrected chi connectivity index (χ1v) is 9.22. The summed E-state index contributed by atoms with van der Waals surface area (Å²) in [6.45, 7) is 1.36. The number of hydrogen-bond donors (Lipinski definition) is 1. The van der Waals surface area contributed by atoms with Gasteiger partial charge in [-0.2, -0.15) is 13.2 Å². The topological polar surface area (TPSA) is 67.9 Å². The van der Waals surface area contributed by atoms with Crippen LogP contribution in [0.15, 0.2) is 18.2 Å². The molecule has 0 aromatic heterocycles. The van der Waals surface area contributed by atoms with Crippen molar-refractivity contribution in [1.29, 1.82) is 0 Å². The molecule has 0 saturated carbocycles. The summed E-state index contributed by atoms with van der Waals surface area (Å²) in [5, 5.41) is 2.69. The SMILES string of the molecule is Cc1ccc(NC(=O)C2CC(=O)N(CC(F)(F)F)C2)c(OCC2CCCO2)c1. The number of likely N-dealkylation sites (tertiary alicyclic amines) is 1. The highest BCUT2D eigenvalue weighted by Gasteiger charge is 2.40. The summed E-state index contributed by atoms with van der Waals surface area (Å²) in [7, 11) is 0. The molecular weight excluding hydrogens is 377 g/mol. The Morgan fingerprint density at radius 1 is 1.39 bits per heavy atom. The number of anilines is 1. The Bertz CT molecular complexity index is 732. The summed E-state index contributed by atoms with van der Waals surface area (Å²) in [4.78, 5) is 25.0. The average Bonchev–Trinajstić information content (AvgIpc) is 3.24. The van der Waals surface area contributed by atoms with Crippen LogP contribution in [0.3, 0.4) is 0 Å². The molecule has 0 radical (unpaired) electrons. The van der Waals surface area contributed by atoms with Crippen LogP contribution in [0.2, 0.25) is 0 Å². The molecule has 2 heterocycles. The molecule has 2 unspecified atom stereocenters. The van der Waals surface area contributed by atoms with Gasteiger partial charge in [-0.15, -0.1) is 0 Å². The van der Waals surface area contributed by atoms with E-state index in [2.05, 4.69) is 5.32 Å². The maximum Gasteiger partial charge on any atom is 0.406 e. The van der Waals surface area contributed by atoms with Gasteiger partial charge in [0.25, 0.3) is 0 Å². The number of halogens is 3. The van der Waals surface area contributed by atoms with Gasteiger partial charge in [0.05, 0.1) is 17.7 Å². The van der Waals surface area contributed by atoms with Gasteiger partial charge in [0, 0.05) is 19.6 Å². The number of benzene rings is 1. The molecule has 3 rings (SSSR count). The Balaban J connectivity index is 1.62. The van der Waals surface area contributed by atoms with Crippen LogP contribution in [0.4, 0.5) is 18.9 Å². The summed E-state index contributed by atoms with van der Waals surface area (Å²) in [6, 6.07) is 5.26. The first-order chi connectivity index (χ1) is 13.2. The maximum absolute atomic E-state index is 12.5. The molecule has 1 aromatic carbocycles. The number of nitrogens with zero attached hydrogens (tertiary/aromatic N) is 1. The molecule has 2 aliphatic rings. The van der Waals surface area contributed by atoms with Gasteiger partial charge in [-0.05, 0) is 37.5 Å². The van der Waals surface area contributed by atoms with Crippen molar-refractivity contribution in [2.75, 3.05) is 31.6 Å². The predicted molar refractivity (Wildman–Crippen MR) is 95.0 cm³/mol. The van der Waals surface area contributed by atoms with E-state index in [9.17, 15) is 22.8 Å². The number of aryl methyl sites for hydroxylation is 1. The van der Waals surface area contributed by atoms with Crippen LogP contribution in [0.25, 0.3) is 0 Å². The molecule has 0 bridgehead atoms.